The molecule has 0 unspecified atom stereocenters. The van der Waals surface area contributed by atoms with Gasteiger partial charge < -0.3 is 39.7 Å². The molecule has 0 spiro atoms. The molecule has 0 saturated carbocycles. The van der Waals surface area contributed by atoms with Crippen molar-refractivity contribution in [3.8, 4) is 11.8 Å². The number of carboxylic acids is 2. The molecule has 364 valence electrons. The number of hydrogen-bond donors (Lipinski definition) is 4. The number of hydrogen-bond acceptors (Lipinski definition) is 13. The Labute approximate surface area is 403 Å². The molecule has 4 aromatic rings. The molecule has 16 nitrogen and oxygen atoms in total. The standard InChI is InChI=1S/C51H64N6O10S/c58-28-24-55(38-43-14-8-16-45(53-43)50(61)62)25-31-66-33-34-67-32-27-56(39-44-15-9-17-46(54-44)51(63)64)26-30-65-29-10-36-68-35-7-1-6-23-52-48(59)21-22-49(60)57-37-42-13-3-2-11-40(42)19-20-41-12-4-5-18-47(41)57/h2-5,8-9,11-18,58H,1,6-7,10,21-39H2,(H,52,59)(H,61,62)(H,63,64). The number of ether oxygens (including phenoxy) is 3. The van der Waals surface area contributed by atoms with Crippen LogP contribution in [0.15, 0.2) is 84.9 Å². The highest BCUT2D eigenvalue weighted by molar-refractivity contribution is 7.99. The third-order valence-electron chi connectivity index (χ3n) is 10.9. The molecule has 68 heavy (non-hydrogen) atoms. The minimum Gasteiger partial charge on any atom is -0.477 e. The Morgan fingerprint density at radius 2 is 1.21 bits per heavy atom. The van der Waals surface area contributed by atoms with Crippen molar-refractivity contribution in [2.75, 3.05) is 95.4 Å². The molecule has 0 radical (unpaired) electrons. The smallest absolute Gasteiger partial charge is 0.354 e. The van der Waals surface area contributed by atoms with Crippen molar-refractivity contribution >= 4 is 41.2 Å². The lowest BCUT2D eigenvalue weighted by Crippen LogP contribution is -2.33. The highest BCUT2D eigenvalue weighted by atomic mass is 32.2. The number of aliphatic hydroxyl groups is 1. The number of nitrogens with one attached hydrogen (secondary N) is 1. The minimum atomic E-state index is -1.09. The molecule has 4 N–H and O–H groups in total. The Balaban J connectivity index is 0.893. The molecular weight excluding hydrogens is 889 g/mol. The third-order valence-corrected chi connectivity index (χ3v) is 12.0. The number of amides is 2. The fraction of sp³-hybridized carbons (Fsp3) is 0.451. The van der Waals surface area contributed by atoms with E-state index in [2.05, 4.69) is 32.0 Å². The van der Waals surface area contributed by atoms with Crippen molar-refractivity contribution in [1.82, 2.24) is 25.1 Å². The third kappa shape index (κ3) is 19.5. The number of benzene rings is 2. The predicted octanol–water partition coefficient (Wildman–Crippen LogP) is 5.36. The van der Waals surface area contributed by atoms with Crippen LogP contribution in [0.1, 0.15) is 87.6 Å². The van der Waals surface area contributed by atoms with Crippen molar-refractivity contribution in [3.05, 3.63) is 124 Å². The minimum absolute atomic E-state index is 0.00579. The van der Waals surface area contributed by atoms with Crippen molar-refractivity contribution in [2.24, 2.45) is 0 Å². The van der Waals surface area contributed by atoms with Gasteiger partial charge in [-0.1, -0.05) is 60.7 Å². The summed E-state index contributed by atoms with van der Waals surface area (Å²) >= 11 is 1.89. The first kappa shape index (κ1) is 53.2. The lowest BCUT2D eigenvalue weighted by atomic mass is 10.0. The summed E-state index contributed by atoms with van der Waals surface area (Å²) in [5.74, 6) is 6.05. The number of aliphatic hydroxyl groups excluding tert-OH is 1. The number of aromatic carboxylic acids is 2. The largest absolute Gasteiger partial charge is 0.477 e. The number of anilines is 1. The van der Waals surface area contributed by atoms with Crippen LogP contribution in [0.4, 0.5) is 5.69 Å². The monoisotopic (exact) mass is 952 g/mol. The summed E-state index contributed by atoms with van der Waals surface area (Å²) in [5, 5.41) is 31.1. The van der Waals surface area contributed by atoms with Crippen LogP contribution in [-0.4, -0.2) is 149 Å². The number of thioether (sulfide) groups is 1. The lowest BCUT2D eigenvalue weighted by molar-refractivity contribution is -0.125. The number of carbonyl (C=O) groups is 4. The lowest BCUT2D eigenvalue weighted by Gasteiger charge is -2.26. The van der Waals surface area contributed by atoms with Crippen LogP contribution in [0.25, 0.3) is 0 Å². The second-order valence-corrected chi connectivity index (χ2v) is 17.3. The van der Waals surface area contributed by atoms with Crippen molar-refractivity contribution in [3.63, 3.8) is 0 Å². The highest BCUT2D eigenvalue weighted by Crippen LogP contribution is 2.26. The molecule has 2 amide bonds. The summed E-state index contributed by atoms with van der Waals surface area (Å²) in [5.41, 5.74) is 4.65. The number of nitrogens with zero attached hydrogens (tertiary/aromatic N) is 5. The zero-order valence-electron chi connectivity index (χ0n) is 38.7. The van der Waals surface area contributed by atoms with Gasteiger partial charge in [0, 0.05) is 76.4 Å². The van der Waals surface area contributed by atoms with Gasteiger partial charge in [0.25, 0.3) is 0 Å². The SMILES string of the molecule is O=C(CCC(=O)N1Cc2ccccc2C#Cc2ccccc21)NCCCCCSCCCOCCN(CCOCCOCCN(CCO)Cc1cccc(C(=O)O)n1)Cc1cccc(C(=O)O)n1. The van der Waals surface area contributed by atoms with E-state index >= 15 is 0 Å². The van der Waals surface area contributed by atoms with Gasteiger partial charge in [0.2, 0.25) is 11.8 Å². The molecule has 0 bridgehead atoms. The highest BCUT2D eigenvalue weighted by Gasteiger charge is 2.22. The second kappa shape index (κ2) is 30.6. The van der Waals surface area contributed by atoms with Gasteiger partial charge in [-0.05, 0) is 78.8 Å². The zero-order valence-corrected chi connectivity index (χ0v) is 39.5. The number of para-hydroxylation sites is 1. The zero-order chi connectivity index (χ0) is 48.2. The Hall–Kier alpha value is -5.71. The maximum Gasteiger partial charge on any atom is 0.354 e. The predicted molar refractivity (Wildman–Crippen MR) is 261 cm³/mol. The van der Waals surface area contributed by atoms with E-state index in [-0.39, 0.29) is 42.7 Å². The van der Waals surface area contributed by atoms with Crippen molar-refractivity contribution in [1.29, 1.82) is 0 Å². The molecule has 0 saturated heterocycles. The van der Waals surface area contributed by atoms with Crippen LogP contribution in [0.5, 0.6) is 0 Å². The molecule has 2 aromatic carbocycles. The molecule has 2 aromatic heterocycles. The van der Waals surface area contributed by atoms with Crippen molar-refractivity contribution < 1.29 is 48.7 Å². The van der Waals surface area contributed by atoms with Crippen LogP contribution in [0.3, 0.4) is 0 Å². The van der Waals surface area contributed by atoms with Gasteiger partial charge in [-0.15, -0.1) is 0 Å². The summed E-state index contributed by atoms with van der Waals surface area (Å²) in [7, 11) is 0. The molecule has 0 fully saturated rings. The Kier molecular flexibility index (Phi) is 24.0. The van der Waals surface area contributed by atoms with E-state index in [1.54, 1.807) is 29.2 Å². The number of fused-ring (bicyclic) bond motifs is 2. The van der Waals surface area contributed by atoms with Crippen LogP contribution < -0.4 is 10.2 Å². The Bertz CT molecular complexity index is 2270. The number of rotatable bonds is 33. The van der Waals surface area contributed by atoms with Crippen LogP contribution in [0, 0.1) is 11.8 Å². The summed E-state index contributed by atoms with van der Waals surface area (Å²) in [6.07, 6.45) is 4.10. The van der Waals surface area contributed by atoms with Gasteiger partial charge in [-0.25, -0.2) is 19.6 Å². The quantitative estimate of drug-likeness (QED) is 0.0351. The number of unbranched alkanes of at least 4 members (excludes halogenated alkanes) is 2. The van der Waals surface area contributed by atoms with Crippen LogP contribution >= 0.6 is 11.8 Å². The van der Waals surface area contributed by atoms with Gasteiger partial charge in [0.05, 0.1) is 63.3 Å². The summed E-state index contributed by atoms with van der Waals surface area (Å²) < 4.78 is 17.6. The summed E-state index contributed by atoms with van der Waals surface area (Å²) in [4.78, 5) is 63.1. The summed E-state index contributed by atoms with van der Waals surface area (Å²) in [6.45, 7) is 6.57. The van der Waals surface area contributed by atoms with E-state index < -0.39 is 11.9 Å². The first-order valence-electron chi connectivity index (χ1n) is 23.2. The number of pyridine rings is 2. The topological polar surface area (TPSA) is 204 Å². The van der Waals surface area contributed by atoms with Gasteiger partial charge in [-0.2, -0.15) is 11.8 Å². The van der Waals surface area contributed by atoms with E-state index in [0.29, 0.717) is 103 Å². The van der Waals surface area contributed by atoms with Gasteiger partial charge in [-0.3, -0.25) is 19.4 Å². The number of carbonyl (C=O) groups excluding carboxylic acids is 2. The number of aromatic nitrogens is 2. The van der Waals surface area contributed by atoms with Gasteiger partial charge in [0.1, 0.15) is 11.4 Å². The maximum absolute atomic E-state index is 13.4. The van der Waals surface area contributed by atoms with E-state index in [4.69, 9.17) is 14.2 Å². The molecule has 1 aliphatic rings. The average Bonchev–Trinajstić information content (AvgIpc) is 3.33. The van der Waals surface area contributed by atoms with Gasteiger partial charge in [0.15, 0.2) is 0 Å². The second-order valence-electron chi connectivity index (χ2n) is 16.0. The fourth-order valence-corrected chi connectivity index (χ4v) is 8.20. The van der Waals surface area contributed by atoms with E-state index in [0.717, 1.165) is 59.6 Å². The van der Waals surface area contributed by atoms with Crippen LogP contribution in [-0.2, 0) is 43.4 Å². The van der Waals surface area contributed by atoms with Gasteiger partial charge >= 0.3 is 11.9 Å². The Morgan fingerprint density at radius 1 is 0.632 bits per heavy atom. The van der Waals surface area contributed by atoms with Crippen LogP contribution in [0.2, 0.25) is 0 Å². The molecule has 0 aliphatic carbocycles. The molecule has 5 rings (SSSR count). The Morgan fingerprint density at radius 3 is 1.85 bits per heavy atom. The fourth-order valence-electron chi connectivity index (χ4n) is 7.27. The first-order chi connectivity index (χ1) is 33.2. The van der Waals surface area contributed by atoms with E-state index in [1.807, 2.05) is 65.2 Å². The molecule has 17 heteroatoms. The van der Waals surface area contributed by atoms with Crippen molar-refractivity contribution in [2.45, 2.75) is 58.2 Å². The number of carboxylic acid groups (broad SMARTS) is 2. The first-order valence-corrected chi connectivity index (χ1v) is 24.4. The summed E-state index contributed by atoms with van der Waals surface area (Å²) in [6, 6.07) is 25.3. The van der Waals surface area contributed by atoms with E-state index in [1.165, 1.54) is 12.1 Å². The maximum atomic E-state index is 13.4. The average molecular weight is 953 g/mol. The molecule has 3 heterocycles. The molecule has 1 aliphatic heterocycles. The normalized spacial score (nSPS) is 11.9. The molecule has 0 atom stereocenters. The van der Waals surface area contributed by atoms with E-state index in [9.17, 15) is 34.5 Å². The molecular formula is C51H64N6O10S.